The van der Waals surface area contributed by atoms with Crippen LogP contribution >= 0.6 is 0 Å². The van der Waals surface area contributed by atoms with Gasteiger partial charge in [0.1, 0.15) is 0 Å². The molecule has 0 saturated carbocycles. The van der Waals surface area contributed by atoms with Gasteiger partial charge in [0, 0.05) is 45.8 Å². The molecule has 0 radical (unpaired) electrons. The van der Waals surface area contributed by atoms with Gasteiger partial charge >= 0.3 is 0 Å². The van der Waals surface area contributed by atoms with E-state index in [1.54, 1.807) is 7.11 Å². The van der Waals surface area contributed by atoms with Gasteiger partial charge in [-0.25, -0.2) is 0 Å². The molecule has 2 rings (SSSR count). The number of likely N-dealkylation sites (tertiary alicyclic amines) is 2. The average molecular weight is 339 g/mol. The summed E-state index contributed by atoms with van der Waals surface area (Å²) in [6.07, 6.45) is 6.44. The van der Waals surface area contributed by atoms with E-state index in [9.17, 15) is 0 Å². The lowest BCUT2D eigenvalue weighted by atomic mass is 9.93. The summed E-state index contributed by atoms with van der Waals surface area (Å²) in [6.45, 7) is 11.2. The molecule has 2 fully saturated rings. The molecule has 2 saturated heterocycles. The van der Waals surface area contributed by atoms with E-state index in [1.807, 2.05) is 7.05 Å². The Labute approximate surface area is 148 Å². The Bertz CT molecular complexity index is 376. The minimum atomic E-state index is 0.636. The molecule has 2 aliphatic rings. The normalized spacial score (nSPS) is 24.1. The van der Waals surface area contributed by atoms with E-state index in [0.717, 1.165) is 38.1 Å². The fourth-order valence-electron chi connectivity index (χ4n) is 4.42. The first-order chi connectivity index (χ1) is 11.7. The van der Waals surface area contributed by atoms with Gasteiger partial charge in [-0.2, -0.15) is 0 Å². The molecule has 0 spiro atoms. The topological polar surface area (TPSA) is 40.1 Å². The molecule has 0 aromatic carbocycles. The van der Waals surface area contributed by atoms with Gasteiger partial charge in [-0.3, -0.25) is 9.89 Å². The summed E-state index contributed by atoms with van der Waals surface area (Å²) in [5.74, 6) is 2.49. The number of nitrogens with zero attached hydrogens (tertiary/aromatic N) is 3. The number of nitrogens with one attached hydrogen (secondary N) is 1. The number of guanidine groups is 1. The summed E-state index contributed by atoms with van der Waals surface area (Å²) in [5.41, 5.74) is 0. The standard InChI is InChI=1S/C19H38N4O/c1-5-17(6-2)18(22-10-7-8-11-22)13-21-19(20-3)23-12-9-16(14-23)15-24-4/h16-18H,5-15H2,1-4H3,(H,20,21). The molecule has 2 aliphatic heterocycles. The number of hydrogen-bond donors (Lipinski definition) is 1. The lowest BCUT2D eigenvalue weighted by Crippen LogP contribution is -2.50. The Balaban J connectivity index is 1.91. The highest BCUT2D eigenvalue weighted by atomic mass is 16.5. The van der Waals surface area contributed by atoms with Crippen LogP contribution in [0.15, 0.2) is 4.99 Å². The maximum Gasteiger partial charge on any atom is 0.193 e. The first-order valence-corrected chi connectivity index (χ1v) is 9.92. The largest absolute Gasteiger partial charge is 0.384 e. The second-order valence-electron chi connectivity index (χ2n) is 7.37. The number of hydrogen-bond acceptors (Lipinski definition) is 3. The van der Waals surface area contributed by atoms with Crippen LogP contribution < -0.4 is 5.32 Å². The van der Waals surface area contributed by atoms with E-state index in [2.05, 4.69) is 34.0 Å². The Morgan fingerprint density at radius 1 is 1.21 bits per heavy atom. The summed E-state index contributed by atoms with van der Waals surface area (Å²) in [4.78, 5) is 9.65. The van der Waals surface area contributed by atoms with Gasteiger partial charge in [-0.15, -0.1) is 0 Å². The molecule has 0 aliphatic carbocycles. The molecule has 2 unspecified atom stereocenters. The van der Waals surface area contributed by atoms with Gasteiger partial charge in [-0.05, 0) is 38.3 Å². The van der Waals surface area contributed by atoms with Gasteiger partial charge in [0.25, 0.3) is 0 Å². The van der Waals surface area contributed by atoms with E-state index >= 15 is 0 Å². The SMILES string of the molecule is CCC(CC)C(CNC(=NC)N1CCC(COC)C1)N1CCCC1. The number of methoxy groups -OCH3 is 1. The third-order valence-corrected chi connectivity index (χ3v) is 5.87. The first-order valence-electron chi connectivity index (χ1n) is 9.92. The summed E-state index contributed by atoms with van der Waals surface area (Å²) in [7, 11) is 3.71. The van der Waals surface area contributed by atoms with Crippen LogP contribution in [0.25, 0.3) is 0 Å². The lowest BCUT2D eigenvalue weighted by molar-refractivity contribution is 0.156. The van der Waals surface area contributed by atoms with Crippen molar-refractivity contribution in [3.8, 4) is 0 Å². The summed E-state index contributed by atoms with van der Waals surface area (Å²) >= 11 is 0. The van der Waals surface area contributed by atoms with Crippen molar-refractivity contribution in [2.45, 2.75) is 52.0 Å². The Morgan fingerprint density at radius 3 is 2.50 bits per heavy atom. The molecule has 5 nitrogen and oxygen atoms in total. The maximum absolute atomic E-state index is 5.32. The van der Waals surface area contributed by atoms with E-state index in [0.29, 0.717) is 12.0 Å². The van der Waals surface area contributed by atoms with Gasteiger partial charge < -0.3 is 15.0 Å². The third kappa shape index (κ3) is 5.09. The van der Waals surface area contributed by atoms with Crippen molar-refractivity contribution in [1.29, 1.82) is 0 Å². The van der Waals surface area contributed by atoms with Crippen molar-refractivity contribution >= 4 is 5.96 Å². The molecule has 1 N–H and O–H groups in total. The predicted molar refractivity (Wildman–Crippen MR) is 102 cm³/mol. The van der Waals surface area contributed by atoms with Gasteiger partial charge in [0.2, 0.25) is 0 Å². The molecular weight excluding hydrogens is 300 g/mol. The molecule has 0 amide bonds. The van der Waals surface area contributed by atoms with Crippen LogP contribution in [0.4, 0.5) is 0 Å². The maximum atomic E-state index is 5.32. The number of aliphatic imine (C=N–C) groups is 1. The minimum absolute atomic E-state index is 0.636. The second kappa shape index (κ2) is 10.2. The highest BCUT2D eigenvalue weighted by molar-refractivity contribution is 5.80. The van der Waals surface area contributed by atoms with Crippen LogP contribution in [0.1, 0.15) is 46.0 Å². The summed E-state index contributed by atoms with van der Waals surface area (Å²) < 4.78 is 5.32. The fourth-order valence-corrected chi connectivity index (χ4v) is 4.42. The summed E-state index contributed by atoms with van der Waals surface area (Å²) in [5, 5.41) is 3.69. The zero-order chi connectivity index (χ0) is 17.4. The highest BCUT2D eigenvalue weighted by Gasteiger charge is 2.29. The number of rotatable bonds is 8. The van der Waals surface area contributed by atoms with Gasteiger partial charge in [0.05, 0.1) is 6.61 Å². The second-order valence-corrected chi connectivity index (χ2v) is 7.37. The molecule has 0 aromatic heterocycles. The quantitative estimate of drug-likeness (QED) is 0.545. The highest BCUT2D eigenvalue weighted by Crippen LogP contribution is 2.23. The zero-order valence-electron chi connectivity index (χ0n) is 16.3. The Kier molecular flexibility index (Phi) is 8.33. The molecule has 140 valence electrons. The van der Waals surface area contributed by atoms with Crippen molar-refractivity contribution in [2.75, 3.05) is 53.5 Å². The van der Waals surface area contributed by atoms with Crippen molar-refractivity contribution in [2.24, 2.45) is 16.8 Å². The monoisotopic (exact) mass is 338 g/mol. The lowest BCUT2D eigenvalue weighted by Gasteiger charge is -2.35. The minimum Gasteiger partial charge on any atom is -0.384 e. The molecule has 5 heteroatoms. The van der Waals surface area contributed by atoms with E-state index in [4.69, 9.17) is 4.74 Å². The van der Waals surface area contributed by atoms with Crippen molar-refractivity contribution in [1.82, 2.24) is 15.1 Å². The zero-order valence-corrected chi connectivity index (χ0v) is 16.3. The van der Waals surface area contributed by atoms with Crippen molar-refractivity contribution in [3.05, 3.63) is 0 Å². The molecular formula is C19H38N4O. The molecule has 2 heterocycles. The van der Waals surface area contributed by atoms with Crippen LogP contribution in [-0.2, 0) is 4.74 Å². The van der Waals surface area contributed by atoms with Crippen LogP contribution in [0.5, 0.6) is 0 Å². The molecule has 2 atom stereocenters. The van der Waals surface area contributed by atoms with E-state index in [1.165, 1.54) is 45.2 Å². The smallest absolute Gasteiger partial charge is 0.193 e. The van der Waals surface area contributed by atoms with Crippen molar-refractivity contribution < 1.29 is 4.74 Å². The van der Waals surface area contributed by atoms with Crippen LogP contribution in [0, 0.1) is 11.8 Å². The van der Waals surface area contributed by atoms with Crippen LogP contribution in [0.2, 0.25) is 0 Å². The predicted octanol–water partition coefficient (Wildman–Crippen LogP) is 2.43. The molecule has 0 aromatic rings. The van der Waals surface area contributed by atoms with Gasteiger partial charge in [-0.1, -0.05) is 26.7 Å². The Hall–Kier alpha value is -0.810. The average Bonchev–Trinajstić information content (AvgIpc) is 3.27. The molecule has 24 heavy (non-hydrogen) atoms. The van der Waals surface area contributed by atoms with Crippen LogP contribution in [0.3, 0.4) is 0 Å². The summed E-state index contributed by atoms with van der Waals surface area (Å²) in [6, 6.07) is 0.636. The first kappa shape index (κ1) is 19.5. The fraction of sp³-hybridized carbons (Fsp3) is 0.947. The van der Waals surface area contributed by atoms with Crippen molar-refractivity contribution in [3.63, 3.8) is 0 Å². The van der Waals surface area contributed by atoms with E-state index < -0.39 is 0 Å². The Morgan fingerprint density at radius 2 is 1.92 bits per heavy atom. The molecule has 0 bridgehead atoms. The van der Waals surface area contributed by atoms with Crippen LogP contribution in [-0.4, -0.2) is 75.3 Å². The third-order valence-electron chi connectivity index (χ3n) is 5.87. The van der Waals surface area contributed by atoms with E-state index in [-0.39, 0.29) is 0 Å². The van der Waals surface area contributed by atoms with Gasteiger partial charge in [0.15, 0.2) is 5.96 Å². The number of ether oxygens (including phenoxy) is 1.